The van der Waals surface area contributed by atoms with Crippen molar-refractivity contribution in [3.8, 4) is 0 Å². The van der Waals surface area contributed by atoms with Crippen molar-refractivity contribution in [2.45, 2.75) is 109 Å². The smallest absolute Gasteiger partial charge is 0.326 e. The minimum Gasteiger partial charge on any atom is -0.481 e. The van der Waals surface area contributed by atoms with Crippen molar-refractivity contribution in [2.24, 2.45) is 17.6 Å². The van der Waals surface area contributed by atoms with Gasteiger partial charge in [0.15, 0.2) is 0 Å². The number of aliphatic hydroxyl groups excluding tert-OH is 1. The number of nitrogens with one attached hydrogen (secondary N) is 6. The zero-order valence-corrected chi connectivity index (χ0v) is 31.3. The second kappa shape index (κ2) is 22.0. The van der Waals surface area contributed by atoms with Crippen LogP contribution in [-0.2, 0) is 44.8 Å². The lowest BCUT2D eigenvalue weighted by Crippen LogP contribution is -2.60. The molecule has 0 bridgehead atoms. The van der Waals surface area contributed by atoms with E-state index in [1.807, 2.05) is 6.92 Å². The molecule has 0 aliphatic heterocycles. The van der Waals surface area contributed by atoms with Crippen LogP contribution in [0.4, 0.5) is 0 Å². The molecule has 0 fully saturated rings. The monoisotopic (exact) mass is 775 g/mol. The van der Waals surface area contributed by atoms with E-state index in [1.54, 1.807) is 51.2 Å². The van der Waals surface area contributed by atoms with Gasteiger partial charge in [-0.2, -0.15) is 0 Å². The van der Waals surface area contributed by atoms with Crippen LogP contribution in [0.15, 0.2) is 30.5 Å². The average Bonchev–Trinajstić information content (AvgIpc) is 3.54. The van der Waals surface area contributed by atoms with E-state index in [4.69, 9.17) is 10.8 Å². The van der Waals surface area contributed by atoms with Crippen LogP contribution in [-0.4, -0.2) is 116 Å². The number of amides is 5. The summed E-state index contributed by atoms with van der Waals surface area (Å²) in [5.41, 5.74) is 7.27. The number of carboxylic acids is 3. The number of aliphatic carboxylic acids is 3. The van der Waals surface area contributed by atoms with Gasteiger partial charge in [0.05, 0.1) is 12.6 Å². The fraction of sp³-hybridized carbons (Fsp3) is 0.556. The molecular weight excluding hydrogens is 722 g/mol. The number of carbonyl (C=O) groups excluding carboxylic acids is 5. The summed E-state index contributed by atoms with van der Waals surface area (Å²) in [6.45, 7) is 6.04. The summed E-state index contributed by atoms with van der Waals surface area (Å²) in [7, 11) is 0. The van der Waals surface area contributed by atoms with Gasteiger partial charge in [-0.25, -0.2) is 4.79 Å². The predicted octanol–water partition coefficient (Wildman–Crippen LogP) is -0.640. The summed E-state index contributed by atoms with van der Waals surface area (Å²) in [4.78, 5) is 104. The number of hydrogen-bond acceptors (Lipinski definition) is 10. The number of aliphatic hydroxyl groups is 1. The van der Waals surface area contributed by atoms with Crippen LogP contribution in [0.2, 0.25) is 0 Å². The maximum atomic E-state index is 14.0. The number of aromatic nitrogens is 1. The Morgan fingerprint density at radius 1 is 0.691 bits per heavy atom. The molecule has 19 nitrogen and oxygen atoms in total. The lowest BCUT2D eigenvalue weighted by molar-refractivity contribution is -0.143. The first-order valence-electron chi connectivity index (χ1n) is 18.0. The summed E-state index contributed by atoms with van der Waals surface area (Å²) >= 11 is 0. The molecule has 1 aromatic carbocycles. The van der Waals surface area contributed by atoms with Crippen LogP contribution < -0.4 is 32.3 Å². The third kappa shape index (κ3) is 14.7. The Bertz CT molecular complexity index is 1680. The first-order chi connectivity index (χ1) is 25.9. The molecule has 0 aliphatic carbocycles. The SMILES string of the molecule is CC[C@H](C)[C@H](N)C(=O)N[C@@H](CCC(=O)O)C(=O)N[C@@H](CO)C(=O)N[C@@H](Cc1c[nH]c2ccccc12)C(=O)N[C@@H](CC(C)C)C(=O)N[C@@H](CCC(=O)O)C(=O)O. The lowest BCUT2D eigenvalue weighted by atomic mass is 9.98. The fourth-order valence-corrected chi connectivity index (χ4v) is 5.56. The van der Waals surface area contributed by atoms with E-state index in [2.05, 4.69) is 31.6 Å². The molecule has 55 heavy (non-hydrogen) atoms. The van der Waals surface area contributed by atoms with Gasteiger partial charge in [-0.1, -0.05) is 52.3 Å². The summed E-state index contributed by atoms with van der Waals surface area (Å²) < 4.78 is 0. The fourth-order valence-electron chi connectivity index (χ4n) is 5.56. The van der Waals surface area contributed by atoms with Gasteiger partial charge in [0, 0.05) is 36.4 Å². The van der Waals surface area contributed by atoms with Crippen LogP contribution in [0.25, 0.3) is 10.9 Å². The topological polar surface area (TPSA) is 319 Å². The standard InChI is InChI=1S/C36H53N7O12/c1-5-19(4)30(37)35(53)39-23(10-12-28(45)46)31(49)43-27(17-44)34(52)42-26(15-20-16-38-22-9-7-6-8-21(20)22)33(51)41-25(14-18(2)3)32(50)40-24(36(54)55)11-13-29(47)48/h6-9,16,18-19,23-27,30,38,44H,5,10-15,17,37H2,1-4H3,(H,39,53)(H,40,50)(H,41,51)(H,42,52)(H,43,49)(H,45,46)(H,47,48)(H,54,55)/t19-,23-,24-,25-,26-,27-,30-/m0/s1. The van der Waals surface area contributed by atoms with Crippen molar-refractivity contribution in [3.63, 3.8) is 0 Å². The number of carbonyl (C=O) groups is 8. The number of nitrogens with two attached hydrogens (primary N) is 1. The Balaban J connectivity index is 2.39. The summed E-state index contributed by atoms with van der Waals surface area (Å²) in [6, 6.07) is -1.42. The maximum Gasteiger partial charge on any atom is 0.326 e. The van der Waals surface area contributed by atoms with Gasteiger partial charge in [0.2, 0.25) is 29.5 Å². The van der Waals surface area contributed by atoms with Crippen LogP contribution >= 0.6 is 0 Å². The Labute approximate surface area is 317 Å². The Kier molecular flexibility index (Phi) is 18.2. The highest BCUT2D eigenvalue weighted by Crippen LogP contribution is 2.20. The molecule has 0 saturated heterocycles. The van der Waals surface area contributed by atoms with E-state index in [0.29, 0.717) is 22.9 Å². The molecule has 0 saturated carbocycles. The number of fused-ring (bicyclic) bond motifs is 1. The Hall–Kier alpha value is -5.56. The molecule has 1 heterocycles. The predicted molar refractivity (Wildman–Crippen MR) is 197 cm³/mol. The number of benzene rings is 1. The van der Waals surface area contributed by atoms with Crippen molar-refractivity contribution < 1.29 is 58.8 Å². The highest BCUT2D eigenvalue weighted by molar-refractivity contribution is 5.97. The molecule has 2 aromatic rings. The number of carboxylic acid groups (broad SMARTS) is 3. The second-order valence-corrected chi connectivity index (χ2v) is 13.8. The summed E-state index contributed by atoms with van der Waals surface area (Å²) in [5, 5.41) is 50.7. The highest BCUT2D eigenvalue weighted by Gasteiger charge is 2.34. The number of hydrogen-bond donors (Lipinski definition) is 11. The lowest BCUT2D eigenvalue weighted by Gasteiger charge is -2.27. The second-order valence-electron chi connectivity index (χ2n) is 13.8. The van der Waals surface area contributed by atoms with Crippen molar-refractivity contribution >= 4 is 58.3 Å². The van der Waals surface area contributed by atoms with Crippen LogP contribution in [0.1, 0.15) is 71.8 Å². The zero-order valence-electron chi connectivity index (χ0n) is 31.3. The molecule has 12 N–H and O–H groups in total. The van der Waals surface area contributed by atoms with Gasteiger partial charge in [-0.05, 0) is 42.7 Å². The van der Waals surface area contributed by atoms with E-state index in [0.717, 1.165) is 0 Å². The Morgan fingerprint density at radius 3 is 1.75 bits per heavy atom. The van der Waals surface area contributed by atoms with Gasteiger partial charge >= 0.3 is 17.9 Å². The van der Waals surface area contributed by atoms with Crippen LogP contribution in [0.5, 0.6) is 0 Å². The van der Waals surface area contributed by atoms with E-state index < -0.39 is 110 Å². The molecule has 0 radical (unpaired) electrons. The minimum atomic E-state index is -1.70. The highest BCUT2D eigenvalue weighted by atomic mass is 16.4. The summed E-state index contributed by atoms with van der Waals surface area (Å²) in [5.74, 6) is -9.04. The third-order valence-electron chi connectivity index (χ3n) is 8.99. The average molecular weight is 776 g/mol. The minimum absolute atomic E-state index is 0.0239. The molecule has 5 amide bonds. The molecule has 19 heteroatoms. The van der Waals surface area contributed by atoms with Crippen molar-refractivity contribution in [2.75, 3.05) is 6.61 Å². The summed E-state index contributed by atoms with van der Waals surface area (Å²) in [6.07, 6.45) is 0.151. The molecular formula is C36H53N7O12. The number of rotatable bonds is 24. The molecule has 1 aromatic heterocycles. The van der Waals surface area contributed by atoms with E-state index in [1.165, 1.54) is 0 Å². The van der Waals surface area contributed by atoms with Gasteiger partial charge in [0.1, 0.15) is 30.2 Å². The van der Waals surface area contributed by atoms with Crippen LogP contribution in [0.3, 0.4) is 0 Å². The van der Waals surface area contributed by atoms with E-state index >= 15 is 0 Å². The largest absolute Gasteiger partial charge is 0.481 e. The first-order valence-corrected chi connectivity index (χ1v) is 18.0. The number of para-hydroxylation sites is 1. The van der Waals surface area contributed by atoms with E-state index in [9.17, 15) is 53.7 Å². The molecule has 0 unspecified atom stereocenters. The van der Waals surface area contributed by atoms with Gasteiger partial charge in [0.25, 0.3) is 0 Å². The number of aromatic amines is 1. The van der Waals surface area contributed by atoms with Crippen LogP contribution in [0, 0.1) is 11.8 Å². The molecule has 7 atom stereocenters. The van der Waals surface area contributed by atoms with Gasteiger partial charge in [-0.3, -0.25) is 33.6 Å². The third-order valence-corrected chi connectivity index (χ3v) is 8.99. The van der Waals surface area contributed by atoms with E-state index in [-0.39, 0.29) is 31.1 Å². The quantitative estimate of drug-likeness (QED) is 0.0633. The van der Waals surface area contributed by atoms with Crippen molar-refractivity contribution in [1.29, 1.82) is 0 Å². The molecule has 0 aliphatic rings. The maximum absolute atomic E-state index is 14.0. The Morgan fingerprint density at radius 2 is 1.18 bits per heavy atom. The number of H-pyrrole nitrogens is 1. The molecule has 2 rings (SSSR count). The molecule has 304 valence electrons. The van der Waals surface area contributed by atoms with Gasteiger partial charge < -0.3 is 57.7 Å². The van der Waals surface area contributed by atoms with Crippen molar-refractivity contribution in [1.82, 2.24) is 31.6 Å². The van der Waals surface area contributed by atoms with Gasteiger partial charge in [-0.15, -0.1) is 0 Å². The molecule has 0 spiro atoms. The van der Waals surface area contributed by atoms with Crippen molar-refractivity contribution in [3.05, 3.63) is 36.0 Å². The normalized spacial score (nSPS) is 15.0. The zero-order chi connectivity index (χ0) is 41.4. The first kappa shape index (κ1) is 45.6.